The van der Waals surface area contributed by atoms with Crippen molar-refractivity contribution in [3.05, 3.63) is 0 Å². The van der Waals surface area contributed by atoms with Crippen molar-refractivity contribution in [3.8, 4) is 0 Å². The van der Waals surface area contributed by atoms with Gasteiger partial charge in [-0.05, 0) is 38.0 Å². The first-order chi connectivity index (χ1) is 7.63. The standard InChI is InChI=1S/C12H22N2O2/c1-16-12(3-2-4-12)7-11(15)14-8-9-5-10(13)6-9/h9-10H,2-8,13H2,1H3,(H,14,15). The van der Waals surface area contributed by atoms with Crippen molar-refractivity contribution in [3.63, 3.8) is 0 Å². The molecule has 1 amide bonds. The molecule has 4 heteroatoms. The Bertz CT molecular complexity index is 252. The fourth-order valence-electron chi connectivity index (χ4n) is 2.59. The predicted octanol–water partition coefficient (Wildman–Crippen LogP) is 0.799. The summed E-state index contributed by atoms with van der Waals surface area (Å²) in [5.74, 6) is 0.723. The van der Waals surface area contributed by atoms with Gasteiger partial charge in [0.25, 0.3) is 0 Å². The van der Waals surface area contributed by atoms with Crippen LogP contribution in [0.4, 0.5) is 0 Å². The van der Waals surface area contributed by atoms with E-state index in [4.69, 9.17) is 10.5 Å². The van der Waals surface area contributed by atoms with Crippen molar-refractivity contribution >= 4 is 5.91 Å². The maximum Gasteiger partial charge on any atom is 0.222 e. The van der Waals surface area contributed by atoms with Gasteiger partial charge in [-0.15, -0.1) is 0 Å². The van der Waals surface area contributed by atoms with Crippen LogP contribution in [-0.2, 0) is 9.53 Å². The fraction of sp³-hybridized carbons (Fsp3) is 0.917. The first-order valence-electron chi connectivity index (χ1n) is 6.21. The Balaban J connectivity index is 1.64. The third-order valence-electron chi connectivity index (χ3n) is 4.04. The Morgan fingerprint density at radius 3 is 2.62 bits per heavy atom. The zero-order chi connectivity index (χ0) is 11.6. The number of carbonyl (C=O) groups is 1. The molecule has 0 unspecified atom stereocenters. The SMILES string of the molecule is COC1(CC(=O)NCC2CC(N)C2)CCC1. The van der Waals surface area contributed by atoms with Gasteiger partial charge in [0.1, 0.15) is 0 Å². The number of ether oxygens (including phenoxy) is 1. The van der Waals surface area contributed by atoms with E-state index in [1.165, 1.54) is 6.42 Å². The third kappa shape index (κ3) is 2.55. The molecule has 2 aliphatic carbocycles. The number of nitrogens with two attached hydrogens (primary N) is 1. The van der Waals surface area contributed by atoms with Gasteiger partial charge < -0.3 is 15.8 Å². The molecule has 92 valence electrons. The lowest BCUT2D eigenvalue weighted by atomic mass is 9.77. The minimum atomic E-state index is -0.153. The molecule has 0 heterocycles. The highest BCUT2D eigenvalue weighted by atomic mass is 16.5. The lowest BCUT2D eigenvalue weighted by molar-refractivity contribution is -0.134. The molecule has 2 aliphatic rings. The van der Waals surface area contributed by atoms with Crippen LogP contribution in [0.15, 0.2) is 0 Å². The molecule has 2 rings (SSSR count). The van der Waals surface area contributed by atoms with Gasteiger partial charge in [0.2, 0.25) is 5.91 Å². The van der Waals surface area contributed by atoms with E-state index in [0.29, 0.717) is 18.4 Å². The summed E-state index contributed by atoms with van der Waals surface area (Å²) in [7, 11) is 1.71. The monoisotopic (exact) mass is 226 g/mol. The van der Waals surface area contributed by atoms with E-state index in [1.807, 2.05) is 0 Å². The highest BCUT2D eigenvalue weighted by Gasteiger charge is 2.39. The number of hydrogen-bond donors (Lipinski definition) is 2. The van der Waals surface area contributed by atoms with Crippen LogP contribution in [0.25, 0.3) is 0 Å². The summed E-state index contributed by atoms with van der Waals surface area (Å²) in [5.41, 5.74) is 5.54. The summed E-state index contributed by atoms with van der Waals surface area (Å²) >= 11 is 0. The van der Waals surface area contributed by atoms with Crippen LogP contribution in [0, 0.1) is 5.92 Å². The number of amides is 1. The van der Waals surface area contributed by atoms with Crippen LogP contribution in [0.5, 0.6) is 0 Å². The van der Waals surface area contributed by atoms with Crippen molar-refractivity contribution in [2.24, 2.45) is 11.7 Å². The molecule has 16 heavy (non-hydrogen) atoms. The maximum absolute atomic E-state index is 11.7. The van der Waals surface area contributed by atoms with Crippen LogP contribution >= 0.6 is 0 Å². The Hall–Kier alpha value is -0.610. The first-order valence-corrected chi connectivity index (χ1v) is 6.21. The van der Waals surface area contributed by atoms with Crippen LogP contribution in [0.2, 0.25) is 0 Å². The molecule has 0 atom stereocenters. The Morgan fingerprint density at radius 2 is 2.19 bits per heavy atom. The minimum Gasteiger partial charge on any atom is -0.378 e. The average molecular weight is 226 g/mol. The zero-order valence-electron chi connectivity index (χ0n) is 10.00. The van der Waals surface area contributed by atoms with E-state index < -0.39 is 0 Å². The molecule has 0 saturated heterocycles. The molecule has 0 radical (unpaired) electrons. The van der Waals surface area contributed by atoms with Gasteiger partial charge in [-0.1, -0.05) is 0 Å². The van der Waals surface area contributed by atoms with E-state index in [1.54, 1.807) is 7.11 Å². The number of methoxy groups -OCH3 is 1. The smallest absolute Gasteiger partial charge is 0.222 e. The van der Waals surface area contributed by atoms with Gasteiger partial charge in [0.15, 0.2) is 0 Å². The molecule has 2 saturated carbocycles. The average Bonchev–Trinajstić information content (AvgIpc) is 2.16. The second-order valence-electron chi connectivity index (χ2n) is 5.32. The second kappa shape index (κ2) is 4.72. The van der Waals surface area contributed by atoms with Gasteiger partial charge in [-0.25, -0.2) is 0 Å². The normalized spacial score (nSPS) is 31.4. The number of carbonyl (C=O) groups excluding carboxylic acids is 1. The molecular formula is C12H22N2O2. The molecule has 0 aromatic carbocycles. The number of nitrogens with one attached hydrogen (secondary N) is 1. The van der Waals surface area contributed by atoms with Crippen LogP contribution in [-0.4, -0.2) is 31.2 Å². The van der Waals surface area contributed by atoms with Gasteiger partial charge in [0.05, 0.1) is 12.0 Å². The van der Waals surface area contributed by atoms with Crippen molar-refractivity contribution < 1.29 is 9.53 Å². The molecule has 0 aromatic heterocycles. The molecule has 3 N–H and O–H groups in total. The van der Waals surface area contributed by atoms with Gasteiger partial charge >= 0.3 is 0 Å². The molecule has 0 aliphatic heterocycles. The van der Waals surface area contributed by atoms with E-state index in [0.717, 1.165) is 32.2 Å². The molecule has 2 fully saturated rings. The highest BCUT2D eigenvalue weighted by Crippen LogP contribution is 2.37. The quantitative estimate of drug-likeness (QED) is 0.728. The molecule has 0 bridgehead atoms. The number of hydrogen-bond acceptors (Lipinski definition) is 3. The van der Waals surface area contributed by atoms with E-state index >= 15 is 0 Å². The molecule has 4 nitrogen and oxygen atoms in total. The lowest BCUT2D eigenvalue weighted by Gasteiger charge is -2.40. The van der Waals surface area contributed by atoms with Gasteiger partial charge in [-0.3, -0.25) is 4.79 Å². The van der Waals surface area contributed by atoms with E-state index in [2.05, 4.69) is 5.32 Å². The van der Waals surface area contributed by atoms with E-state index in [9.17, 15) is 4.79 Å². The topological polar surface area (TPSA) is 64.3 Å². The summed E-state index contributed by atoms with van der Waals surface area (Å²) in [5, 5.41) is 2.99. The Labute approximate surface area is 96.9 Å². The second-order valence-corrected chi connectivity index (χ2v) is 5.32. The Kier molecular flexibility index (Phi) is 3.50. The highest BCUT2D eigenvalue weighted by molar-refractivity contribution is 5.77. The lowest BCUT2D eigenvalue weighted by Crippen LogP contribution is -2.46. The van der Waals surface area contributed by atoms with Gasteiger partial charge in [-0.2, -0.15) is 0 Å². The number of rotatable bonds is 5. The summed E-state index contributed by atoms with van der Waals surface area (Å²) < 4.78 is 5.43. The zero-order valence-corrected chi connectivity index (χ0v) is 10.00. The van der Waals surface area contributed by atoms with Crippen molar-refractivity contribution in [2.45, 2.75) is 50.2 Å². The van der Waals surface area contributed by atoms with Crippen LogP contribution in [0.1, 0.15) is 38.5 Å². The van der Waals surface area contributed by atoms with Gasteiger partial charge in [0, 0.05) is 19.7 Å². The minimum absolute atomic E-state index is 0.127. The molecule has 0 aromatic rings. The van der Waals surface area contributed by atoms with Crippen molar-refractivity contribution in [2.75, 3.05) is 13.7 Å². The largest absolute Gasteiger partial charge is 0.378 e. The summed E-state index contributed by atoms with van der Waals surface area (Å²) in [6, 6.07) is 0.360. The van der Waals surface area contributed by atoms with Crippen molar-refractivity contribution in [1.82, 2.24) is 5.32 Å². The Morgan fingerprint density at radius 1 is 1.50 bits per heavy atom. The van der Waals surface area contributed by atoms with Crippen LogP contribution in [0.3, 0.4) is 0 Å². The third-order valence-corrected chi connectivity index (χ3v) is 4.04. The van der Waals surface area contributed by atoms with E-state index in [-0.39, 0.29) is 11.5 Å². The molecular weight excluding hydrogens is 204 g/mol. The van der Waals surface area contributed by atoms with Crippen molar-refractivity contribution in [1.29, 1.82) is 0 Å². The fourth-order valence-corrected chi connectivity index (χ4v) is 2.59. The maximum atomic E-state index is 11.7. The summed E-state index contributed by atoms with van der Waals surface area (Å²) in [6.07, 6.45) is 5.84. The summed E-state index contributed by atoms with van der Waals surface area (Å²) in [4.78, 5) is 11.7. The summed E-state index contributed by atoms with van der Waals surface area (Å²) in [6.45, 7) is 0.784. The molecule has 0 spiro atoms. The van der Waals surface area contributed by atoms with Crippen LogP contribution < -0.4 is 11.1 Å². The first kappa shape index (κ1) is 11.9. The predicted molar refractivity (Wildman–Crippen MR) is 61.9 cm³/mol.